The largest absolute Gasteiger partial charge is 0.460 e. The second kappa shape index (κ2) is 7.91. The van der Waals surface area contributed by atoms with E-state index in [0.29, 0.717) is 5.92 Å². The fourth-order valence-corrected chi connectivity index (χ4v) is 1.92. The third kappa shape index (κ3) is 5.35. The normalized spacial score (nSPS) is 15.1. The first kappa shape index (κ1) is 16.7. The molecule has 2 nitrogen and oxygen atoms in total. The summed E-state index contributed by atoms with van der Waals surface area (Å²) < 4.78 is 5.38. The molecule has 1 unspecified atom stereocenters. The van der Waals surface area contributed by atoms with Gasteiger partial charge in [-0.15, -0.1) is 0 Å². The van der Waals surface area contributed by atoms with Crippen molar-refractivity contribution in [3.8, 4) is 0 Å². The van der Waals surface area contributed by atoms with E-state index in [9.17, 15) is 4.79 Å². The van der Waals surface area contributed by atoms with Crippen molar-refractivity contribution in [1.82, 2.24) is 0 Å². The van der Waals surface area contributed by atoms with Crippen LogP contribution < -0.4 is 0 Å². The highest BCUT2D eigenvalue weighted by Crippen LogP contribution is 2.31. The van der Waals surface area contributed by atoms with Crippen LogP contribution in [0.15, 0.2) is 37.0 Å². The van der Waals surface area contributed by atoms with E-state index >= 15 is 0 Å². The molecule has 0 aromatic heterocycles. The van der Waals surface area contributed by atoms with Crippen LogP contribution in [-0.4, -0.2) is 12.6 Å². The van der Waals surface area contributed by atoms with Crippen molar-refractivity contribution in [2.75, 3.05) is 6.61 Å². The summed E-state index contributed by atoms with van der Waals surface area (Å²) in [6, 6.07) is 0. The second-order valence-electron chi connectivity index (χ2n) is 5.27. The smallest absolute Gasteiger partial charge is 0.312 e. The maximum atomic E-state index is 12.1. The predicted molar refractivity (Wildman–Crippen MR) is 77.3 cm³/mol. The molecule has 0 N–H and O–H groups in total. The molecule has 0 bridgehead atoms. The van der Waals surface area contributed by atoms with Gasteiger partial charge in [-0.25, -0.2) is 0 Å². The number of hydrogen-bond acceptors (Lipinski definition) is 2. The SMILES string of the molecule is C=C/C=C(\C=C)COC(=O)C(C)(CC)CC(C)C. The van der Waals surface area contributed by atoms with Gasteiger partial charge < -0.3 is 4.74 Å². The molecule has 0 saturated carbocycles. The van der Waals surface area contributed by atoms with Crippen LogP contribution in [0.25, 0.3) is 0 Å². The van der Waals surface area contributed by atoms with Crippen LogP contribution in [0.5, 0.6) is 0 Å². The van der Waals surface area contributed by atoms with Gasteiger partial charge in [0.1, 0.15) is 6.61 Å². The number of carbonyl (C=O) groups excluding carboxylic acids is 1. The monoisotopic (exact) mass is 250 g/mol. The van der Waals surface area contributed by atoms with Gasteiger partial charge in [-0.3, -0.25) is 4.79 Å². The highest BCUT2D eigenvalue weighted by Gasteiger charge is 2.33. The van der Waals surface area contributed by atoms with Gasteiger partial charge in [0.2, 0.25) is 0 Å². The predicted octanol–water partition coefficient (Wildman–Crippen LogP) is 4.29. The molecule has 18 heavy (non-hydrogen) atoms. The minimum Gasteiger partial charge on any atom is -0.460 e. The molecule has 0 aliphatic carbocycles. The number of ether oxygens (including phenoxy) is 1. The second-order valence-corrected chi connectivity index (χ2v) is 5.27. The molecule has 0 aromatic rings. The molecule has 0 heterocycles. The molecule has 0 aromatic carbocycles. The van der Waals surface area contributed by atoms with Crippen molar-refractivity contribution in [3.63, 3.8) is 0 Å². The summed E-state index contributed by atoms with van der Waals surface area (Å²) in [6.07, 6.45) is 6.78. The Morgan fingerprint density at radius 2 is 2.00 bits per heavy atom. The Morgan fingerprint density at radius 1 is 1.39 bits per heavy atom. The summed E-state index contributed by atoms with van der Waals surface area (Å²) >= 11 is 0. The maximum absolute atomic E-state index is 12.1. The van der Waals surface area contributed by atoms with Crippen molar-refractivity contribution in [1.29, 1.82) is 0 Å². The summed E-state index contributed by atoms with van der Waals surface area (Å²) in [4.78, 5) is 12.1. The van der Waals surface area contributed by atoms with Crippen LogP contribution in [-0.2, 0) is 9.53 Å². The molecule has 0 spiro atoms. The zero-order valence-electron chi connectivity index (χ0n) is 12.2. The van der Waals surface area contributed by atoms with Crippen molar-refractivity contribution in [2.24, 2.45) is 11.3 Å². The fourth-order valence-electron chi connectivity index (χ4n) is 1.92. The van der Waals surface area contributed by atoms with Crippen molar-refractivity contribution in [3.05, 3.63) is 37.0 Å². The van der Waals surface area contributed by atoms with Gasteiger partial charge >= 0.3 is 5.97 Å². The third-order valence-electron chi connectivity index (χ3n) is 3.10. The van der Waals surface area contributed by atoms with E-state index in [1.807, 2.05) is 13.8 Å². The molecule has 0 rings (SSSR count). The van der Waals surface area contributed by atoms with Crippen LogP contribution in [0.3, 0.4) is 0 Å². The number of esters is 1. The number of allylic oxidation sites excluding steroid dienone is 2. The number of rotatable bonds is 8. The molecule has 0 aliphatic rings. The Bertz CT molecular complexity index is 326. The first-order valence-electron chi connectivity index (χ1n) is 6.50. The zero-order chi connectivity index (χ0) is 14.2. The number of hydrogen-bond donors (Lipinski definition) is 0. The van der Waals surface area contributed by atoms with Crippen LogP contribution in [0.1, 0.15) is 40.5 Å². The van der Waals surface area contributed by atoms with Gasteiger partial charge in [0.05, 0.1) is 5.41 Å². The molecule has 1 atom stereocenters. The maximum Gasteiger partial charge on any atom is 0.312 e. The van der Waals surface area contributed by atoms with Gasteiger partial charge in [0, 0.05) is 0 Å². The highest BCUT2D eigenvalue weighted by molar-refractivity contribution is 5.76. The summed E-state index contributed by atoms with van der Waals surface area (Å²) in [5.41, 5.74) is 0.468. The van der Waals surface area contributed by atoms with Gasteiger partial charge in [0.15, 0.2) is 0 Å². The van der Waals surface area contributed by atoms with Crippen molar-refractivity contribution >= 4 is 5.97 Å². The van der Waals surface area contributed by atoms with Crippen LogP contribution in [0.4, 0.5) is 0 Å². The van der Waals surface area contributed by atoms with E-state index < -0.39 is 5.41 Å². The molecule has 0 amide bonds. The first-order chi connectivity index (χ1) is 8.39. The topological polar surface area (TPSA) is 26.3 Å². The van der Waals surface area contributed by atoms with Crippen molar-refractivity contribution in [2.45, 2.75) is 40.5 Å². The summed E-state index contributed by atoms with van der Waals surface area (Å²) in [6.45, 7) is 15.8. The summed E-state index contributed by atoms with van der Waals surface area (Å²) in [5, 5.41) is 0. The molecule has 2 heteroatoms. The minimum atomic E-state index is -0.394. The van der Waals surface area contributed by atoms with Gasteiger partial charge in [-0.1, -0.05) is 52.2 Å². The Balaban J connectivity index is 4.58. The van der Waals surface area contributed by atoms with Gasteiger partial charge in [0.25, 0.3) is 0 Å². The Hall–Kier alpha value is -1.31. The Morgan fingerprint density at radius 3 is 2.39 bits per heavy atom. The minimum absolute atomic E-state index is 0.129. The van der Waals surface area contributed by atoms with Gasteiger partial charge in [-0.05, 0) is 31.3 Å². The fraction of sp³-hybridized carbons (Fsp3) is 0.562. The molecule has 0 fully saturated rings. The number of carbonyl (C=O) groups is 1. The van der Waals surface area contributed by atoms with Gasteiger partial charge in [-0.2, -0.15) is 0 Å². The average molecular weight is 250 g/mol. The van der Waals surface area contributed by atoms with Crippen LogP contribution in [0.2, 0.25) is 0 Å². The van der Waals surface area contributed by atoms with Crippen LogP contribution >= 0.6 is 0 Å². The lowest BCUT2D eigenvalue weighted by Gasteiger charge is -2.27. The quantitative estimate of drug-likeness (QED) is 0.474. The highest BCUT2D eigenvalue weighted by atomic mass is 16.5. The lowest BCUT2D eigenvalue weighted by molar-refractivity contribution is -0.155. The lowest BCUT2D eigenvalue weighted by atomic mass is 9.80. The molecule has 102 valence electrons. The summed E-state index contributed by atoms with van der Waals surface area (Å²) in [5.74, 6) is 0.348. The lowest BCUT2D eigenvalue weighted by Crippen LogP contribution is -2.31. The van der Waals surface area contributed by atoms with E-state index in [1.54, 1.807) is 18.2 Å². The molecular weight excluding hydrogens is 224 g/mol. The van der Waals surface area contributed by atoms with Crippen LogP contribution in [0, 0.1) is 11.3 Å². The zero-order valence-corrected chi connectivity index (χ0v) is 12.2. The Kier molecular flexibility index (Phi) is 7.33. The summed E-state index contributed by atoms with van der Waals surface area (Å²) in [7, 11) is 0. The van der Waals surface area contributed by atoms with Crippen molar-refractivity contribution < 1.29 is 9.53 Å². The molecule has 0 radical (unpaired) electrons. The Labute approximate surface area is 111 Å². The molecule has 0 aliphatic heterocycles. The van der Waals surface area contributed by atoms with E-state index in [0.717, 1.165) is 18.4 Å². The molecule has 0 saturated heterocycles. The third-order valence-corrected chi connectivity index (χ3v) is 3.10. The first-order valence-corrected chi connectivity index (χ1v) is 6.50. The van der Waals surface area contributed by atoms with E-state index in [1.165, 1.54) is 0 Å². The average Bonchev–Trinajstić information content (AvgIpc) is 2.32. The molecular formula is C16H26O2. The van der Waals surface area contributed by atoms with E-state index in [4.69, 9.17) is 4.74 Å². The van der Waals surface area contributed by atoms with E-state index in [2.05, 4.69) is 27.0 Å². The standard InChI is InChI=1S/C16H26O2/c1-7-10-14(8-2)12-18-15(17)16(6,9-3)11-13(4)5/h7-8,10,13H,1-2,9,11-12H2,3-6H3/b14-10+. The van der Waals surface area contributed by atoms with E-state index in [-0.39, 0.29) is 12.6 Å².